The smallest absolute Gasteiger partial charge is 0.0127 e. The molecule has 0 aliphatic heterocycles. The molecule has 0 N–H and O–H groups in total. The number of hydrogen-bond donors (Lipinski definition) is 0. The molecule has 84 valence electrons. The summed E-state index contributed by atoms with van der Waals surface area (Å²) in [6, 6.07) is 0. The van der Waals surface area contributed by atoms with E-state index in [1.54, 1.807) is 5.57 Å². The van der Waals surface area contributed by atoms with Crippen LogP contribution < -0.4 is 0 Å². The van der Waals surface area contributed by atoms with Crippen molar-refractivity contribution in [2.75, 3.05) is 0 Å². The van der Waals surface area contributed by atoms with Crippen LogP contribution >= 0.6 is 0 Å². The normalized spacial score (nSPS) is 29.1. The van der Waals surface area contributed by atoms with Crippen LogP contribution in [0.2, 0.25) is 0 Å². The van der Waals surface area contributed by atoms with Crippen LogP contribution in [0.3, 0.4) is 0 Å². The molecule has 0 aromatic heterocycles. The summed E-state index contributed by atoms with van der Waals surface area (Å²) in [5.74, 6) is 0.838. The Bertz CT molecular complexity index is 310. The predicted molar refractivity (Wildman–Crippen MR) is 66.7 cm³/mol. The highest BCUT2D eigenvalue weighted by Gasteiger charge is 2.47. The molecule has 2 rings (SSSR count). The summed E-state index contributed by atoms with van der Waals surface area (Å²) in [5, 5.41) is 0. The summed E-state index contributed by atoms with van der Waals surface area (Å²) in [4.78, 5) is 0. The molecule has 2 aliphatic carbocycles. The highest BCUT2D eigenvalue weighted by molar-refractivity contribution is 5.34. The van der Waals surface area contributed by atoms with Crippen molar-refractivity contribution in [2.24, 2.45) is 16.7 Å². The third kappa shape index (κ3) is 1.68. The van der Waals surface area contributed by atoms with Crippen molar-refractivity contribution < 1.29 is 0 Å². The zero-order valence-electron chi connectivity index (χ0n) is 10.9. The largest absolute Gasteiger partial charge is 0.0802 e. The van der Waals surface area contributed by atoms with E-state index in [0.29, 0.717) is 10.8 Å². The molecule has 0 heteroatoms. The van der Waals surface area contributed by atoms with E-state index in [1.807, 2.05) is 0 Å². The van der Waals surface area contributed by atoms with E-state index in [-0.39, 0.29) is 0 Å². The van der Waals surface area contributed by atoms with Crippen molar-refractivity contribution in [3.8, 4) is 0 Å². The summed E-state index contributed by atoms with van der Waals surface area (Å²) in [6.45, 7) is 12.0. The zero-order chi connectivity index (χ0) is 11.3. The van der Waals surface area contributed by atoms with Crippen molar-refractivity contribution in [2.45, 2.75) is 53.9 Å². The van der Waals surface area contributed by atoms with Gasteiger partial charge < -0.3 is 0 Å². The van der Waals surface area contributed by atoms with Crippen LogP contribution in [-0.4, -0.2) is 0 Å². The molecule has 2 aliphatic rings. The van der Waals surface area contributed by atoms with Gasteiger partial charge in [-0.1, -0.05) is 51.0 Å². The first kappa shape index (κ1) is 11.0. The minimum Gasteiger partial charge on any atom is -0.0802 e. The van der Waals surface area contributed by atoms with Gasteiger partial charge in [0, 0.05) is 0 Å². The van der Waals surface area contributed by atoms with Crippen LogP contribution in [0.1, 0.15) is 53.9 Å². The van der Waals surface area contributed by atoms with Gasteiger partial charge in [-0.2, -0.15) is 0 Å². The Kier molecular flexibility index (Phi) is 2.37. The molecule has 0 saturated heterocycles. The van der Waals surface area contributed by atoms with Gasteiger partial charge in [0.1, 0.15) is 0 Å². The fraction of sp³-hybridized carbons (Fsp3) is 0.733. The van der Waals surface area contributed by atoms with E-state index in [9.17, 15) is 0 Å². The lowest BCUT2D eigenvalue weighted by atomic mass is 9.71. The van der Waals surface area contributed by atoms with Gasteiger partial charge in [0.25, 0.3) is 0 Å². The van der Waals surface area contributed by atoms with Crippen molar-refractivity contribution in [3.05, 3.63) is 23.3 Å². The van der Waals surface area contributed by atoms with Gasteiger partial charge in [-0.3, -0.25) is 0 Å². The maximum Gasteiger partial charge on any atom is -0.0127 e. The molecule has 0 heterocycles. The Morgan fingerprint density at radius 3 is 2.00 bits per heavy atom. The minimum atomic E-state index is 0.494. The summed E-state index contributed by atoms with van der Waals surface area (Å²) in [6.07, 6.45) is 8.57. The molecule has 1 saturated carbocycles. The summed E-state index contributed by atoms with van der Waals surface area (Å²) in [5.41, 5.74) is 4.24. The van der Waals surface area contributed by atoms with Gasteiger partial charge in [0.15, 0.2) is 0 Å². The molecule has 0 nitrogen and oxygen atoms in total. The molecule has 0 aromatic rings. The van der Waals surface area contributed by atoms with Crippen LogP contribution in [0.5, 0.6) is 0 Å². The molecule has 0 radical (unpaired) electrons. The third-order valence-corrected chi connectivity index (χ3v) is 5.05. The van der Waals surface area contributed by atoms with E-state index in [2.05, 4.69) is 46.8 Å². The van der Waals surface area contributed by atoms with Gasteiger partial charge >= 0.3 is 0 Å². The van der Waals surface area contributed by atoms with Gasteiger partial charge in [-0.05, 0) is 42.9 Å². The standard InChI is InChI=1S/C15H24/c1-11-7-6-8-13(11)12-9-14(2,3)15(4,5)10-12/h6-7,12H,8-10H2,1-5H3. The maximum atomic E-state index is 2.44. The highest BCUT2D eigenvalue weighted by Crippen LogP contribution is 2.57. The monoisotopic (exact) mass is 204 g/mol. The quantitative estimate of drug-likeness (QED) is 0.579. The Morgan fingerprint density at radius 1 is 1.07 bits per heavy atom. The van der Waals surface area contributed by atoms with Gasteiger partial charge in [-0.25, -0.2) is 0 Å². The van der Waals surface area contributed by atoms with Crippen LogP contribution in [-0.2, 0) is 0 Å². The van der Waals surface area contributed by atoms with Gasteiger partial charge in [0.05, 0.1) is 0 Å². The lowest BCUT2D eigenvalue weighted by molar-refractivity contribution is 0.157. The lowest BCUT2D eigenvalue weighted by Gasteiger charge is -2.34. The maximum absolute atomic E-state index is 2.44. The molecule has 0 bridgehead atoms. The average Bonchev–Trinajstić information content (AvgIpc) is 2.55. The number of allylic oxidation sites excluding steroid dienone is 4. The van der Waals surface area contributed by atoms with E-state index >= 15 is 0 Å². The van der Waals surface area contributed by atoms with Gasteiger partial charge in [0.2, 0.25) is 0 Å². The molecule has 0 unspecified atom stereocenters. The van der Waals surface area contributed by atoms with E-state index in [1.165, 1.54) is 24.8 Å². The Hall–Kier alpha value is -0.520. The SMILES string of the molecule is CC1=C(C2CC(C)(C)C(C)(C)C2)CC=C1. The molecule has 0 atom stereocenters. The van der Waals surface area contributed by atoms with Crippen molar-refractivity contribution in [3.63, 3.8) is 0 Å². The first-order valence-corrected chi connectivity index (χ1v) is 6.20. The topological polar surface area (TPSA) is 0 Å². The van der Waals surface area contributed by atoms with Crippen LogP contribution in [0.15, 0.2) is 23.3 Å². The van der Waals surface area contributed by atoms with Crippen LogP contribution in [0, 0.1) is 16.7 Å². The fourth-order valence-electron chi connectivity index (χ4n) is 3.22. The van der Waals surface area contributed by atoms with Crippen molar-refractivity contribution >= 4 is 0 Å². The van der Waals surface area contributed by atoms with Crippen molar-refractivity contribution in [1.29, 1.82) is 0 Å². The molecular formula is C15H24. The second-order valence-electron chi connectivity index (χ2n) is 6.69. The minimum absolute atomic E-state index is 0.494. The van der Waals surface area contributed by atoms with E-state index < -0.39 is 0 Å². The molecule has 15 heavy (non-hydrogen) atoms. The highest BCUT2D eigenvalue weighted by atomic mass is 14.5. The number of hydrogen-bond acceptors (Lipinski definition) is 0. The second-order valence-corrected chi connectivity index (χ2v) is 6.69. The van der Waals surface area contributed by atoms with E-state index in [0.717, 1.165) is 5.92 Å². The third-order valence-electron chi connectivity index (χ3n) is 5.05. The molecule has 0 spiro atoms. The predicted octanol–water partition coefficient (Wildman–Crippen LogP) is 4.73. The fourth-order valence-corrected chi connectivity index (χ4v) is 3.22. The second kappa shape index (κ2) is 3.23. The zero-order valence-corrected chi connectivity index (χ0v) is 10.9. The van der Waals surface area contributed by atoms with Crippen LogP contribution in [0.25, 0.3) is 0 Å². The lowest BCUT2D eigenvalue weighted by Crippen LogP contribution is -2.25. The van der Waals surface area contributed by atoms with Gasteiger partial charge in [-0.15, -0.1) is 0 Å². The first-order chi connectivity index (χ1) is 6.83. The average molecular weight is 204 g/mol. The Labute approximate surface area is 94.5 Å². The first-order valence-electron chi connectivity index (χ1n) is 6.20. The molecule has 0 aromatic carbocycles. The summed E-state index contributed by atoms with van der Waals surface area (Å²) >= 11 is 0. The molecular weight excluding hydrogens is 180 g/mol. The van der Waals surface area contributed by atoms with Crippen LogP contribution in [0.4, 0.5) is 0 Å². The van der Waals surface area contributed by atoms with E-state index in [4.69, 9.17) is 0 Å². The summed E-state index contributed by atoms with van der Waals surface area (Å²) in [7, 11) is 0. The Morgan fingerprint density at radius 2 is 1.60 bits per heavy atom. The molecule has 0 amide bonds. The molecule has 1 fully saturated rings. The Balaban J connectivity index is 2.21. The summed E-state index contributed by atoms with van der Waals surface area (Å²) < 4.78 is 0. The number of rotatable bonds is 1. The van der Waals surface area contributed by atoms with Crippen molar-refractivity contribution in [1.82, 2.24) is 0 Å².